The van der Waals surface area contributed by atoms with Crippen molar-refractivity contribution >= 4 is 27.7 Å². The Morgan fingerprint density at radius 3 is 2.40 bits per heavy atom. The number of benzene rings is 1. The lowest BCUT2D eigenvalue weighted by Crippen LogP contribution is -2.38. The Kier molecular flexibility index (Phi) is 6.68. The largest absolute Gasteiger partial charge is 0.396 e. The van der Waals surface area contributed by atoms with Gasteiger partial charge in [-0.15, -0.1) is 0 Å². The zero-order chi connectivity index (χ0) is 15.2. The molecule has 1 unspecified atom stereocenters. The van der Waals surface area contributed by atoms with Gasteiger partial charge in [-0.1, -0.05) is 37.6 Å². The highest BCUT2D eigenvalue weighted by Gasteiger charge is 2.18. The fourth-order valence-electron chi connectivity index (χ4n) is 1.66. The SMILES string of the molecule is CC(C)C(CCO)NS(=O)(=O)/C=C/c1ccc(Cl)cc1. The Morgan fingerprint density at radius 1 is 1.30 bits per heavy atom. The predicted octanol–water partition coefficient (Wildman–Crippen LogP) is 2.64. The lowest BCUT2D eigenvalue weighted by Gasteiger charge is -2.20. The molecule has 0 saturated carbocycles. The van der Waals surface area contributed by atoms with Crippen LogP contribution in [0, 0.1) is 5.92 Å². The molecule has 0 aliphatic heterocycles. The molecule has 0 saturated heterocycles. The maximum atomic E-state index is 12.0. The van der Waals surface area contributed by atoms with Crippen molar-refractivity contribution in [1.82, 2.24) is 4.72 Å². The maximum absolute atomic E-state index is 12.0. The molecule has 1 aromatic rings. The number of aliphatic hydroxyl groups excluding tert-OH is 1. The fourth-order valence-corrected chi connectivity index (χ4v) is 3.01. The van der Waals surface area contributed by atoms with Gasteiger partial charge in [-0.2, -0.15) is 0 Å². The van der Waals surface area contributed by atoms with Crippen LogP contribution in [0.25, 0.3) is 6.08 Å². The zero-order valence-corrected chi connectivity index (χ0v) is 13.2. The Labute approximate surface area is 125 Å². The second-order valence-corrected chi connectivity index (χ2v) is 6.91. The normalized spacial score (nSPS) is 14.1. The molecular formula is C14H20ClNO3S. The Morgan fingerprint density at radius 2 is 1.90 bits per heavy atom. The van der Waals surface area contributed by atoms with Gasteiger partial charge in [-0.3, -0.25) is 0 Å². The van der Waals surface area contributed by atoms with Crippen LogP contribution in [-0.4, -0.2) is 26.2 Å². The van der Waals surface area contributed by atoms with E-state index in [1.54, 1.807) is 24.3 Å². The molecule has 1 atom stereocenters. The van der Waals surface area contributed by atoms with Crippen molar-refractivity contribution in [3.05, 3.63) is 40.3 Å². The molecule has 0 heterocycles. The van der Waals surface area contributed by atoms with Crippen LogP contribution in [-0.2, 0) is 10.0 Å². The Balaban J connectivity index is 2.75. The third-order valence-electron chi connectivity index (χ3n) is 2.87. The molecule has 0 aromatic heterocycles. The summed E-state index contributed by atoms with van der Waals surface area (Å²) in [6.45, 7) is 3.77. The van der Waals surface area contributed by atoms with Crippen molar-refractivity contribution in [3.63, 3.8) is 0 Å². The second kappa shape index (κ2) is 7.78. The predicted molar refractivity (Wildman–Crippen MR) is 82.9 cm³/mol. The van der Waals surface area contributed by atoms with Gasteiger partial charge in [0.15, 0.2) is 0 Å². The van der Waals surface area contributed by atoms with Crippen LogP contribution in [0.5, 0.6) is 0 Å². The van der Waals surface area contributed by atoms with Crippen molar-refractivity contribution in [3.8, 4) is 0 Å². The highest BCUT2D eigenvalue weighted by Crippen LogP contribution is 2.12. The summed E-state index contributed by atoms with van der Waals surface area (Å²) in [6.07, 6.45) is 1.90. The standard InChI is InChI=1S/C14H20ClNO3S/c1-11(2)14(7-9-17)16-20(18,19)10-8-12-3-5-13(15)6-4-12/h3-6,8,10-11,14,16-17H,7,9H2,1-2H3/b10-8+. The lowest BCUT2D eigenvalue weighted by atomic mass is 10.0. The van der Waals surface area contributed by atoms with Crippen LogP contribution in [0.2, 0.25) is 5.02 Å². The van der Waals surface area contributed by atoms with E-state index in [0.29, 0.717) is 11.4 Å². The summed E-state index contributed by atoms with van der Waals surface area (Å²) in [6, 6.07) is 6.60. The number of hydrogen-bond acceptors (Lipinski definition) is 3. The van der Waals surface area contributed by atoms with Crippen molar-refractivity contribution < 1.29 is 13.5 Å². The molecule has 0 spiro atoms. The highest BCUT2D eigenvalue weighted by atomic mass is 35.5. The minimum atomic E-state index is -3.53. The van der Waals surface area contributed by atoms with E-state index >= 15 is 0 Å². The number of nitrogens with one attached hydrogen (secondary N) is 1. The maximum Gasteiger partial charge on any atom is 0.233 e. The lowest BCUT2D eigenvalue weighted by molar-refractivity contribution is 0.256. The molecule has 1 aromatic carbocycles. The van der Waals surface area contributed by atoms with E-state index in [0.717, 1.165) is 11.0 Å². The molecule has 0 radical (unpaired) electrons. The fraction of sp³-hybridized carbons (Fsp3) is 0.429. The Bertz CT molecular complexity index is 538. The van der Waals surface area contributed by atoms with Crippen molar-refractivity contribution in [2.24, 2.45) is 5.92 Å². The molecule has 0 aliphatic rings. The first kappa shape index (κ1) is 17.2. The molecule has 4 nitrogen and oxygen atoms in total. The third-order valence-corrected chi connectivity index (χ3v) is 4.25. The van der Waals surface area contributed by atoms with E-state index in [4.69, 9.17) is 16.7 Å². The summed E-state index contributed by atoms with van der Waals surface area (Å²) in [4.78, 5) is 0. The summed E-state index contributed by atoms with van der Waals surface area (Å²) in [7, 11) is -3.53. The summed E-state index contributed by atoms with van der Waals surface area (Å²) in [5, 5.41) is 10.7. The summed E-state index contributed by atoms with van der Waals surface area (Å²) >= 11 is 5.76. The van der Waals surface area contributed by atoms with Gasteiger partial charge in [0.25, 0.3) is 0 Å². The molecule has 0 fully saturated rings. The van der Waals surface area contributed by atoms with Crippen molar-refractivity contribution in [1.29, 1.82) is 0 Å². The highest BCUT2D eigenvalue weighted by molar-refractivity contribution is 7.92. The van der Waals surface area contributed by atoms with Gasteiger partial charge in [-0.25, -0.2) is 13.1 Å². The number of sulfonamides is 1. The number of aliphatic hydroxyl groups is 1. The zero-order valence-electron chi connectivity index (χ0n) is 11.6. The molecular weight excluding hydrogens is 298 g/mol. The topological polar surface area (TPSA) is 66.4 Å². The van der Waals surface area contributed by atoms with E-state index in [9.17, 15) is 8.42 Å². The smallest absolute Gasteiger partial charge is 0.233 e. The van der Waals surface area contributed by atoms with Crippen LogP contribution in [0.4, 0.5) is 0 Å². The van der Waals surface area contributed by atoms with E-state index in [-0.39, 0.29) is 18.6 Å². The van der Waals surface area contributed by atoms with Crippen LogP contribution in [0.15, 0.2) is 29.7 Å². The van der Waals surface area contributed by atoms with E-state index in [1.807, 2.05) is 13.8 Å². The van der Waals surface area contributed by atoms with E-state index < -0.39 is 10.0 Å². The summed E-state index contributed by atoms with van der Waals surface area (Å²) in [5.74, 6) is 0.112. The number of halogens is 1. The number of rotatable bonds is 7. The molecule has 0 aliphatic carbocycles. The quantitative estimate of drug-likeness (QED) is 0.812. The number of hydrogen-bond donors (Lipinski definition) is 2. The minimum Gasteiger partial charge on any atom is -0.396 e. The van der Waals surface area contributed by atoms with Gasteiger partial charge in [0.05, 0.1) is 0 Å². The molecule has 2 N–H and O–H groups in total. The van der Waals surface area contributed by atoms with Gasteiger partial charge in [0.1, 0.15) is 0 Å². The summed E-state index contributed by atoms with van der Waals surface area (Å²) < 4.78 is 26.5. The van der Waals surface area contributed by atoms with Gasteiger partial charge in [0.2, 0.25) is 10.0 Å². The second-order valence-electron chi connectivity index (χ2n) is 4.88. The summed E-state index contributed by atoms with van der Waals surface area (Å²) in [5.41, 5.74) is 0.753. The first-order valence-electron chi connectivity index (χ1n) is 6.41. The molecule has 1 rings (SSSR count). The molecule has 6 heteroatoms. The molecule has 0 bridgehead atoms. The van der Waals surface area contributed by atoms with Crippen LogP contribution in [0.1, 0.15) is 25.8 Å². The van der Waals surface area contributed by atoms with Gasteiger partial charge in [0, 0.05) is 23.1 Å². The average Bonchev–Trinajstić information content (AvgIpc) is 2.37. The molecule has 20 heavy (non-hydrogen) atoms. The Hall–Kier alpha value is -0.880. The van der Waals surface area contributed by atoms with Crippen LogP contribution < -0.4 is 4.72 Å². The first-order valence-corrected chi connectivity index (χ1v) is 8.33. The van der Waals surface area contributed by atoms with Gasteiger partial charge < -0.3 is 5.11 Å². The third kappa shape index (κ3) is 6.05. The van der Waals surface area contributed by atoms with Crippen molar-refractivity contribution in [2.45, 2.75) is 26.3 Å². The van der Waals surface area contributed by atoms with Crippen LogP contribution in [0.3, 0.4) is 0 Å². The minimum absolute atomic E-state index is 0.0493. The average molecular weight is 318 g/mol. The molecule has 112 valence electrons. The monoisotopic (exact) mass is 317 g/mol. The van der Waals surface area contributed by atoms with Gasteiger partial charge >= 0.3 is 0 Å². The van der Waals surface area contributed by atoms with Crippen molar-refractivity contribution in [2.75, 3.05) is 6.61 Å². The van der Waals surface area contributed by atoms with E-state index in [2.05, 4.69) is 4.72 Å². The first-order chi connectivity index (χ1) is 9.34. The van der Waals surface area contributed by atoms with E-state index in [1.165, 1.54) is 6.08 Å². The van der Waals surface area contributed by atoms with Gasteiger partial charge in [-0.05, 0) is 36.1 Å². The van der Waals surface area contributed by atoms with Crippen LogP contribution >= 0.6 is 11.6 Å². The molecule has 0 amide bonds.